The van der Waals surface area contributed by atoms with Crippen LogP contribution in [0.15, 0.2) is 36.4 Å². The monoisotopic (exact) mass is 432 g/mol. The van der Waals surface area contributed by atoms with Crippen molar-refractivity contribution in [2.24, 2.45) is 0 Å². The van der Waals surface area contributed by atoms with Crippen LogP contribution in [0.5, 0.6) is 11.5 Å². The molecule has 0 aliphatic carbocycles. The maximum absolute atomic E-state index is 12.1. The van der Waals surface area contributed by atoms with Crippen LogP contribution >= 0.6 is 11.6 Å². The fraction of sp³-hybridized carbons (Fsp3) is 0.286. The Hall–Kier alpha value is -3.26. The third-order valence-corrected chi connectivity index (χ3v) is 4.40. The number of nitrogens with one attached hydrogen (secondary N) is 2. The van der Waals surface area contributed by atoms with E-state index < -0.39 is 18.5 Å². The Bertz CT molecular complexity index is 963. The lowest BCUT2D eigenvalue weighted by Crippen LogP contribution is -2.24. The van der Waals surface area contributed by atoms with Crippen molar-refractivity contribution < 1.29 is 28.6 Å². The van der Waals surface area contributed by atoms with Crippen molar-refractivity contribution in [3.8, 4) is 11.5 Å². The minimum atomic E-state index is -0.589. The van der Waals surface area contributed by atoms with Crippen molar-refractivity contribution in [3.05, 3.63) is 52.5 Å². The van der Waals surface area contributed by atoms with Gasteiger partial charge in [0.2, 0.25) is 0 Å². The van der Waals surface area contributed by atoms with Crippen molar-refractivity contribution in [3.63, 3.8) is 0 Å². The maximum Gasteiger partial charge on any atom is 0.310 e. The van der Waals surface area contributed by atoms with Crippen LogP contribution in [0.3, 0.4) is 0 Å². The molecule has 30 heavy (non-hydrogen) atoms. The van der Waals surface area contributed by atoms with E-state index in [0.29, 0.717) is 53.1 Å². The number of hydrogen-bond acceptors (Lipinski definition) is 6. The van der Waals surface area contributed by atoms with Crippen LogP contribution in [0, 0.1) is 0 Å². The highest BCUT2D eigenvalue weighted by Crippen LogP contribution is 2.38. The molecule has 0 unspecified atom stereocenters. The summed E-state index contributed by atoms with van der Waals surface area (Å²) in [7, 11) is 0. The lowest BCUT2D eigenvalue weighted by Gasteiger charge is -2.20. The van der Waals surface area contributed by atoms with Gasteiger partial charge in [0, 0.05) is 17.8 Å². The summed E-state index contributed by atoms with van der Waals surface area (Å²) in [6.07, 6.45) is -0.0731. The van der Waals surface area contributed by atoms with Gasteiger partial charge in [-0.1, -0.05) is 17.7 Å². The number of anilines is 1. The van der Waals surface area contributed by atoms with Crippen LogP contribution in [-0.4, -0.2) is 44.1 Å². The summed E-state index contributed by atoms with van der Waals surface area (Å²) >= 11 is 6.15. The third-order valence-electron chi connectivity index (χ3n) is 4.12. The average molecular weight is 433 g/mol. The molecule has 2 aromatic rings. The molecule has 0 saturated carbocycles. The average Bonchev–Trinajstić information content (AvgIpc) is 2.73. The predicted octanol–water partition coefficient (Wildman–Crippen LogP) is 2.59. The van der Waals surface area contributed by atoms with Crippen LogP contribution < -0.4 is 20.1 Å². The van der Waals surface area contributed by atoms with Gasteiger partial charge in [0.15, 0.2) is 18.1 Å². The number of carbonyl (C=O) groups excluding carboxylic acids is 3. The fourth-order valence-corrected chi connectivity index (χ4v) is 3.12. The first-order chi connectivity index (χ1) is 14.5. The summed E-state index contributed by atoms with van der Waals surface area (Å²) in [6, 6.07) is 9.73. The highest BCUT2D eigenvalue weighted by atomic mass is 35.5. The molecule has 0 radical (unpaired) electrons. The fourth-order valence-electron chi connectivity index (χ4n) is 2.83. The quantitative estimate of drug-likeness (QED) is 0.652. The van der Waals surface area contributed by atoms with Crippen LogP contribution in [0.4, 0.5) is 5.69 Å². The SMILES string of the molecule is CCNC(=O)c1cccc(NC(=O)COC(=O)Cc2cc(Cl)c3c(c2)OCCO3)c1. The second-order valence-corrected chi connectivity index (χ2v) is 6.83. The molecule has 0 fully saturated rings. The van der Waals surface area contributed by atoms with E-state index in [1.165, 1.54) is 0 Å². The summed E-state index contributed by atoms with van der Waals surface area (Å²) in [5, 5.41) is 5.62. The summed E-state index contributed by atoms with van der Waals surface area (Å²) in [4.78, 5) is 36.0. The van der Waals surface area contributed by atoms with Gasteiger partial charge in [-0.05, 0) is 42.8 Å². The zero-order valence-electron chi connectivity index (χ0n) is 16.3. The van der Waals surface area contributed by atoms with E-state index in [2.05, 4.69) is 10.6 Å². The minimum Gasteiger partial charge on any atom is -0.486 e. The van der Waals surface area contributed by atoms with Gasteiger partial charge in [0.25, 0.3) is 11.8 Å². The minimum absolute atomic E-state index is 0.0731. The first kappa shape index (κ1) is 21.4. The molecule has 2 N–H and O–H groups in total. The van der Waals surface area contributed by atoms with E-state index >= 15 is 0 Å². The molecule has 2 amide bonds. The second kappa shape index (κ2) is 9.98. The number of amides is 2. The number of carbonyl (C=O) groups is 3. The van der Waals surface area contributed by atoms with Crippen molar-refractivity contribution in [2.45, 2.75) is 13.3 Å². The van der Waals surface area contributed by atoms with Crippen molar-refractivity contribution in [2.75, 3.05) is 31.7 Å². The van der Waals surface area contributed by atoms with Gasteiger partial charge in [-0.25, -0.2) is 0 Å². The van der Waals surface area contributed by atoms with Gasteiger partial charge in [-0.15, -0.1) is 0 Å². The maximum atomic E-state index is 12.1. The number of hydrogen-bond donors (Lipinski definition) is 2. The predicted molar refractivity (Wildman–Crippen MR) is 110 cm³/mol. The first-order valence-corrected chi connectivity index (χ1v) is 9.76. The van der Waals surface area contributed by atoms with Crippen molar-refractivity contribution in [1.82, 2.24) is 5.32 Å². The van der Waals surface area contributed by atoms with E-state index in [4.69, 9.17) is 25.8 Å². The smallest absolute Gasteiger partial charge is 0.310 e. The summed E-state index contributed by atoms with van der Waals surface area (Å²) in [5.41, 5.74) is 1.44. The van der Waals surface area contributed by atoms with E-state index in [-0.39, 0.29) is 12.3 Å². The molecule has 9 heteroatoms. The largest absolute Gasteiger partial charge is 0.486 e. The van der Waals surface area contributed by atoms with Gasteiger partial charge in [0.05, 0.1) is 11.4 Å². The van der Waals surface area contributed by atoms with Crippen LogP contribution in [0.1, 0.15) is 22.8 Å². The number of esters is 1. The lowest BCUT2D eigenvalue weighted by atomic mass is 10.1. The van der Waals surface area contributed by atoms with Gasteiger partial charge in [-0.3, -0.25) is 14.4 Å². The van der Waals surface area contributed by atoms with Crippen LogP contribution in [0.2, 0.25) is 5.02 Å². The van der Waals surface area contributed by atoms with Gasteiger partial charge >= 0.3 is 5.97 Å². The number of fused-ring (bicyclic) bond motifs is 1. The summed E-state index contributed by atoms with van der Waals surface area (Å²) in [6.45, 7) is 2.67. The van der Waals surface area contributed by atoms with Crippen LogP contribution in [-0.2, 0) is 20.7 Å². The zero-order chi connectivity index (χ0) is 21.5. The molecule has 0 atom stereocenters. The van der Waals surface area contributed by atoms with Crippen LogP contribution in [0.25, 0.3) is 0 Å². The second-order valence-electron chi connectivity index (χ2n) is 6.43. The van der Waals surface area contributed by atoms with Gasteiger partial charge in [-0.2, -0.15) is 0 Å². The molecule has 1 aliphatic rings. The molecule has 0 spiro atoms. The number of halogens is 1. The Morgan fingerprint density at radius 3 is 2.73 bits per heavy atom. The van der Waals surface area contributed by atoms with E-state index in [0.717, 1.165) is 0 Å². The summed E-state index contributed by atoms with van der Waals surface area (Å²) in [5.74, 6) is -0.417. The van der Waals surface area contributed by atoms with E-state index in [1.54, 1.807) is 36.4 Å². The highest BCUT2D eigenvalue weighted by molar-refractivity contribution is 6.32. The molecular formula is C21H21ClN2O6. The molecule has 0 aromatic heterocycles. The first-order valence-electron chi connectivity index (χ1n) is 9.38. The van der Waals surface area contributed by atoms with E-state index in [1.807, 2.05) is 6.92 Å². The Labute approximate surface area is 178 Å². The van der Waals surface area contributed by atoms with Gasteiger partial charge in [0.1, 0.15) is 13.2 Å². The molecule has 2 aromatic carbocycles. The number of ether oxygens (including phenoxy) is 3. The van der Waals surface area contributed by atoms with E-state index in [9.17, 15) is 14.4 Å². The number of rotatable bonds is 7. The van der Waals surface area contributed by atoms with Crippen molar-refractivity contribution in [1.29, 1.82) is 0 Å². The normalized spacial score (nSPS) is 12.1. The Morgan fingerprint density at radius 2 is 1.93 bits per heavy atom. The molecule has 8 nitrogen and oxygen atoms in total. The molecule has 0 bridgehead atoms. The Balaban J connectivity index is 1.51. The highest BCUT2D eigenvalue weighted by Gasteiger charge is 2.18. The molecule has 1 aliphatic heterocycles. The lowest BCUT2D eigenvalue weighted by molar-refractivity contribution is -0.146. The molecule has 0 saturated heterocycles. The molecule has 3 rings (SSSR count). The summed E-state index contributed by atoms with van der Waals surface area (Å²) < 4.78 is 15.9. The van der Waals surface area contributed by atoms with Crippen molar-refractivity contribution >= 4 is 35.1 Å². The standard InChI is InChI=1S/C21H21ClN2O6/c1-2-23-21(27)14-4-3-5-15(11-14)24-18(25)12-30-19(26)10-13-8-16(22)20-17(9-13)28-6-7-29-20/h3-5,8-9,11H,2,6-7,10,12H2,1H3,(H,23,27)(H,24,25). The Morgan fingerprint density at radius 1 is 1.13 bits per heavy atom. The topological polar surface area (TPSA) is 103 Å². The molecular weight excluding hydrogens is 412 g/mol. The third kappa shape index (κ3) is 5.64. The van der Waals surface area contributed by atoms with Gasteiger partial charge < -0.3 is 24.8 Å². The molecule has 158 valence electrons. The number of benzene rings is 2. The zero-order valence-corrected chi connectivity index (χ0v) is 17.1. The molecule has 1 heterocycles. The Kier molecular flexibility index (Phi) is 7.13.